The van der Waals surface area contributed by atoms with Crippen LogP contribution >= 0.6 is 0 Å². The molecular formula is C19H22N2O5S. The first-order chi connectivity index (χ1) is 12.6. The summed E-state index contributed by atoms with van der Waals surface area (Å²) >= 11 is 0. The number of anilines is 1. The predicted octanol–water partition coefficient (Wildman–Crippen LogP) is 2.64. The molecule has 0 fully saturated rings. The van der Waals surface area contributed by atoms with Crippen LogP contribution in [0, 0.1) is 0 Å². The fraction of sp³-hybridized carbons (Fsp3) is 0.263. The third-order valence-corrected chi connectivity index (χ3v) is 4.85. The lowest BCUT2D eigenvalue weighted by atomic mass is 10.0. The standard InChI is InChI=1S/C19H22N2O5S/c1-12(2)14-4-6-15(7-5-14)19(23)26-13(3)18(22)21-16-8-10-17(11-9-16)27(20,24)25/h4-13H,1-3H3,(H,21,22)(H2,20,24,25)/t13-/m0/s1. The molecule has 0 spiro atoms. The maximum absolute atomic E-state index is 12.2. The van der Waals surface area contributed by atoms with Crippen LogP contribution in [0.4, 0.5) is 5.69 Å². The molecule has 0 aliphatic heterocycles. The van der Waals surface area contributed by atoms with E-state index in [1.165, 1.54) is 31.2 Å². The number of hydrogen-bond donors (Lipinski definition) is 2. The summed E-state index contributed by atoms with van der Waals surface area (Å²) in [7, 11) is -3.80. The van der Waals surface area contributed by atoms with Crippen molar-refractivity contribution in [3.05, 3.63) is 59.7 Å². The van der Waals surface area contributed by atoms with E-state index in [0.29, 0.717) is 17.2 Å². The molecule has 0 radical (unpaired) electrons. The lowest BCUT2D eigenvalue weighted by molar-refractivity contribution is -0.123. The fourth-order valence-electron chi connectivity index (χ4n) is 2.26. The van der Waals surface area contributed by atoms with Crippen LogP contribution in [0.1, 0.15) is 42.6 Å². The van der Waals surface area contributed by atoms with Gasteiger partial charge < -0.3 is 10.1 Å². The van der Waals surface area contributed by atoms with Gasteiger partial charge in [-0.3, -0.25) is 4.79 Å². The zero-order valence-electron chi connectivity index (χ0n) is 15.3. The molecule has 0 aromatic heterocycles. The molecule has 0 saturated carbocycles. The van der Waals surface area contributed by atoms with Crippen molar-refractivity contribution in [2.24, 2.45) is 5.14 Å². The number of hydrogen-bond acceptors (Lipinski definition) is 5. The highest BCUT2D eigenvalue weighted by Crippen LogP contribution is 2.16. The van der Waals surface area contributed by atoms with Gasteiger partial charge >= 0.3 is 5.97 Å². The normalized spacial score (nSPS) is 12.5. The molecular weight excluding hydrogens is 368 g/mol. The number of rotatable bonds is 6. The Morgan fingerprint density at radius 2 is 1.52 bits per heavy atom. The maximum Gasteiger partial charge on any atom is 0.338 e. The Bertz CT molecular complexity index is 920. The van der Waals surface area contributed by atoms with E-state index in [0.717, 1.165) is 5.56 Å². The largest absolute Gasteiger partial charge is 0.449 e. The minimum absolute atomic E-state index is 0.0650. The summed E-state index contributed by atoms with van der Waals surface area (Å²) in [5, 5.41) is 7.57. The summed E-state index contributed by atoms with van der Waals surface area (Å²) in [6.45, 7) is 5.55. The number of ether oxygens (including phenoxy) is 1. The Morgan fingerprint density at radius 3 is 2.00 bits per heavy atom. The second-order valence-corrected chi connectivity index (χ2v) is 7.94. The highest BCUT2D eigenvalue weighted by atomic mass is 32.2. The van der Waals surface area contributed by atoms with E-state index in [1.54, 1.807) is 12.1 Å². The highest BCUT2D eigenvalue weighted by Gasteiger charge is 2.19. The van der Waals surface area contributed by atoms with Gasteiger partial charge in [-0.1, -0.05) is 26.0 Å². The van der Waals surface area contributed by atoms with Crippen LogP contribution in [0.25, 0.3) is 0 Å². The first-order valence-electron chi connectivity index (χ1n) is 8.32. The Hall–Kier alpha value is -2.71. The number of benzene rings is 2. The summed E-state index contributed by atoms with van der Waals surface area (Å²) in [4.78, 5) is 24.3. The number of carbonyl (C=O) groups is 2. The van der Waals surface area contributed by atoms with Gasteiger partial charge in [0.15, 0.2) is 6.10 Å². The molecule has 2 aromatic carbocycles. The van der Waals surface area contributed by atoms with Crippen molar-refractivity contribution in [2.75, 3.05) is 5.32 Å². The molecule has 7 nitrogen and oxygen atoms in total. The molecule has 3 N–H and O–H groups in total. The van der Waals surface area contributed by atoms with Crippen LogP contribution in [-0.2, 0) is 19.6 Å². The molecule has 144 valence electrons. The van der Waals surface area contributed by atoms with Gasteiger partial charge in [0.2, 0.25) is 10.0 Å². The number of sulfonamides is 1. The van der Waals surface area contributed by atoms with E-state index < -0.39 is 28.0 Å². The van der Waals surface area contributed by atoms with Crippen molar-refractivity contribution < 1.29 is 22.7 Å². The van der Waals surface area contributed by atoms with Crippen molar-refractivity contribution in [3.8, 4) is 0 Å². The molecule has 2 rings (SSSR count). The van der Waals surface area contributed by atoms with E-state index in [9.17, 15) is 18.0 Å². The van der Waals surface area contributed by atoms with Crippen molar-refractivity contribution in [1.29, 1.82) is 0 Å². The van der Waals surface area contributed by atoms with E-state index in [2.05, 4.69) is 19.2 Å². The molecule has 8 heteroatoms. The molecule has 2 aromatic rings. The fourth-order valence-corrected chi connectivity index (χ4v) is 2.77. The van der Waals surface area contributed by atoms with E-state index in [-0.39, 0.29) is 4.90 Å². The summed E-state index contributed by atoms with van der Waals surface area (Å²) in [6.07, 6.45) is -1.03. The third-order valence-electron chi connectivity index (χ3n) is 3.92. The van der Waals surface area contributed by atoms with Crippen LogP contribution in [0.2, 0.25) is 0 Å². The third kappa shape index (κ3) is 5.63. The summed E-state index contributed by atoms with van der Waals surface area (Å²) in [5.41, 5.74) is 1.81. The van der Waals surface area contributed by atoms with Crippen LogP contribution in [0.5, 0.6) is 0 Å². The van der Waals surface area contributed by atoms with Gasteiger partial charge in [0.1, 0.15) is 0 Å². The van der Waals surface area contributed by atoms with Crippen molar-refractivity contribution in [3.63, 3.8) is 0 Å². The van der Waals surface area contributed by atoms with Gasteiger partial charge in [-0.2, -0.15) is 0 Å². The minimum Gasteiger partial charge on any atom is -0.449 e. The molecule has 0 heterocycles. The molecule has 1 amide bonds. The first-order valence-corrected chi connectivity index (χ1v) is 9.87. The SMILES string of the molecule is CC(C)c1ccc(C(=O)O[C@@H](C)C(=O)Nc2ccc(S(N)(=O)=O)cc2)cc1. The van der Waals surface area contributed by atoms with E-state index in [4.69, 9.17) is 9.88 Å². The highest BCUT2D eigenvalue weighted by molar-refractivity contribution is 7.89. The Balaban J connectivity index is 1.97. The maximum atomic E-state index is 12.2. The van der Waals surface area contributed by atoms with Gasteiger partial charge in [0, 0.05) is 5.69 Å². The molecule has 0 aliphatic carbocycles. The van der Waals surface area contributed by atoms with Crippen LogP contribution in [0.3, 0.4) is 0 Å². The van der Waals surface area contributed by atoms with Gasteiger partial charge in [-0.25, -0.2) is 18.4 Å². The minimum atomic E-state index is -3.80. The summed E-state index contributed by atoms with van der Waals surface area (Å²) in [6, 6.07) is 12.4. The Labute approximate surface area is 158 Å². The van der Waals surface area contributed by atoms with Gasteiger partial charge in [0.25, 0.3) is 5.91 Å². The second kappa shape index (κ2) is 8.32. The number of nitrogens with two attached hydrogens (primary N) is 1. The Morgan fingerprint density at radius 1 is 0.963 bits per heavy atom. The van der Waals surface area contributed by atoms with Crippen molar-refractivity contribution >= 4 is 27.6 Å². The van der Waals surface area contributed by atoms with Gasteiger partial charge in [0.05, 0.1) is 10.5 Å². The van der Waals surface area contributed by atoms with Crippen LogP contribution < -0.4 is 10.5 Å². The number of nitrogens with one attached hydrogen (secondary N) is 1. The topological polar surface area (TPSA) is 116 Å². The van der Waals surface area contributed by atoms with Gasteiger partial charge in [-0.15, -0.1) is 0 Å². The molecule has 0 saturated heterocycles. The van der Waals surface area contributed by atoms with Crippen molar-refractivity contribution in [1.82, 2.24) is 0 Å². The summed E-state index contributed by atoms with van der Waals surface area (Å²) in [5.74, 6) is -0.788. The number of primary sulfonamides is 1. The van der Waals surface area contributed by atoms with E-state index >= 15 is 0 Å². The summed E-state index contributed by atoms with van der Waals surface area (Å²) < 4.78 is 27.6. The zero-order chi connectivity index (χ0) is 20.2. The number of carbonyl (C=O) groups excluding carboxylic acids is 2. The van der Waals surface area contributed by atoms with Crippen molar-refractivity contribution in [2.45, 2.75) is 37.7 Å². The molecule has 0 unspecified atom stereocenters. The van der Waals surface area contributed by atoms with Crippen LogP contribution in [0.15, 0.2) is 53.4 Å². The number of amides is 1. The average Bonchev–Trinajstić information content (AvgIpc) is 2.61. The lowest BCUT2D eigenvalue weighted by Crippen LogP contribution is -2.30. The second-order valence-electron chi connectivity index (χ2n) is 6.38. The monoisotopic (exact) mass is 390 g/mol. The van der Waals surface area contributed by atoms with Crippen LogP contribution in [-0.4, -0.2) is 26.4 Å². The molecule has 1 atom stereocenters. The molecule has 0 bridgehead atoms. The Kier molecular flexibility index (Phi) is 6.35. The molecule has 27 heavy (non-hydrogen) atoms. The number of esters is 1. The zero-order valence-corrected chi connectivity index (χ0v) is 16.1. The first kappa shape index (κ1) is 20.6. The average molecular weight is 390 g/mol. The lowest BCUT2D eigenvalue weighted by Gasteiger charge is -2.14. The molecule has 0 aliphatic rings. The van der Waals surface area contributed by atoms with E-state index in [1.807, 2.05) is 12.1 Å². The smallest absolute Gasteiger partial charge is 0.338 e. The predicted molar refractivity (Wildman–Crippen MR) is 102 cm³/mol. The van der Waals surface area contributed by atoms with Gasteiger partial charge in [-0.05, 0) is 54.8 Å². The quantitative estimate of drug-likeness (QED) is 0.736.